The average molecular weight is 265 g/mol. The van der Waals surface area contributed by atoms with E-state index in [1.165, 1.54) is 6.92 Å². The Kier molecular flexibility index (Phi) is 6.43. The van der Waals surface area contributed by atoms with Crippen LogP contribution in [0.2, 0.25) is 0 Å². The Morgan fingerprint density at radius 3 is 2.68 bits per heavy atom. The molecule has 5 heteroatoms. The lowest BCUT2D eigenvalue weighted by atomic mass is 10.1. The summed E-state index contributed by atoms with van der Waals surface area (Å²) in [4.78, 5) is 22.0. The van der Waals surface area contributed by atoms with Crippen LogP contribution in [0.25, 0.3) is 0 Å². The number of benzene rings is 1. The van der Waals surface area contributed by atoms with Crippen LogP contribution in [0.4, 0.5) is 0 Å². The van der Waals surface area contributed by atoms with Crippen LogP contribution in [0.15, 0.2) is 24.3 Å². The zero-order valence-corrected chi connectivity index (χ0v) is 11.3. The predicted molar refractivity (Wildman–Crippen MR) is 71.0 cm³/mol. The molecule has 0 bridgehead atoms. The summed E-state index contributed by atoms with van der Waals surface area (Å²) in [5, 5.41) is 2.72. The van der Waals surface area contributed by atoms with Gasteiger partial charge in [0.15, 0.2) is 6.61 Å². The monoisotopic (exact) mass is 265 g/mol. The van der Waals surface area contributed by atoms with Gasteiger partial charge in [-0.2, -0.15) is 0 Å². The molecule has 19 heavy (non-hydrogen) atoms. The molecule has 0 aliphatic heterocycles. The van der Waals surface area contributed by atoms with Crippen LogP contribution in [0.5, 0.6) is 5.75 Å². The normalized spacial score (nSPS) is 9.79. The fourth-order valence-electron chi connectivity index (χ4n) is 1.56. The molecular weight excluding hydrogens is 246 g/mol. The number of para-hydroxylation sites is 1. The third kappa shape index (κ3) is 5.90. The third-order valence-electron chi connectivity index (χ3n) is 2.39. The number of esters is 1. The largest absolute Gasteiger partial charge is 0.482 e. The summed E-state index contributed by atoms with van der Waals surface area (Å²) in [7, 11) is 0. The first-order valence-electron chi connectivity index (χ1n) is 6.24. The number of hydrogen-bond acceptors (Lipinski definition) is 4. The number of nitrogens with one attached hydrogen (secondary N) is 1. The second kappa shape index (κ2) is 8.13. The number of ether oxygens (including phenoxy) is 2. The second-order valence-corrected chi connectivity index (χ2v) is 3.93. The molecule has 1 rings (SSSR count). The van der Waals surface area contributed by atoms with Crippen molar-refractivity contribution in [2.75, 3.05) is 19.8 Å². The first kappa shape index (κ1) is 15.0. The van der Waals surface area contributed by atoms with Gasteiger partial charge in [-0.25, -0.2) is 4.79 Å². The predicted octanol–water partition coefficient (Wildman–Crippen LogP) is 1.31. The van der Waals surface area contributed by atoms with Crippen molar-refractivity contribution in [2.45, 2.75) is 20.3 Å². The molecule has 0 unspecified atom stereocenters. The van der Waals surface area contributed by atoms with Gasteiger partial charge in [0.05, 0.1) is 6.61 Å². The Bertz CT molecular complexity index is 431. The van der Waals surface area contributed by atoms with E-state index in [4.69, 9.17) is 9.47 Å². The summed E-state index contributed by atoms with van der Waals surface area (Å²) in [5.74, 6) is 0.185. The highest BCUT2D eigenvalue weighted by molar-refractivity contribution is 5.72. The van der Waals surface area contributed by atoms with E-state index in [1.807, 2.05) is 18.2 Å². The van der Waals surface area contributed by atoms with Gasteiger partial charge in [-0.3, -0.25) is 4.79 Å². The smallest absolute Gasteiger partial charge is 0.344 e. The highest BCUT2D eigenvalue weighted by Gasteiger charge is 2.07. The van der Waals surface area contributed by atoms with Crippen LogP contribution in [0.1, 0.15) is 19.4 Å². The topological polar surface area (TPSA) is 64.6 Å². The van der Waals surface area contributed by atoms with Gasteiger partial charge in [-0.1, -0.05) is 18.2 Å². The summed E-state index contributed by atoms with van der Waals surface area (Å²) >= 11 is 0. The highest BCUT2D eigenvalue weighted by Crippen LogP contribution is 2.18. The molecule has 0 saturated heterocycles. The Balaban J connectivity index is 2.52. The van der Waals surface area contributed by atoms with Crippen LogP contribution in [0.3, 0.4) is 0 Å². The van der Waals surface area contributed by atoms with Crippen LogP contribution < -0.4 is 10.1 Å². The van der Waals surface area contributed by atoms with Gasteiger partial charge in [0.1, 0.15) is 5.75 Å². The molecule has 0 fully saturated rings. The van der Waals surface area contributed by atoms with E-state index < -0.39 is 0 Å². The quantitative estimate of drug-likeness (QED) is 0.755. The Morgan fingerprint density at radius 2 is 2.00 bits per heavy atom. The summed E-state index contributed by atoms with van der Waals surface area (Å²) < 4.78 is 10.2. The van der Waals surface area contributed by atoms with Crippen molar-refractivity contribution in [3.63, 3.8) is 0 Å². The van der Waals surface area contributed by atoms with Gasteiger partial charge >= 0.3 is 5.97 Å². The molecule has 0 atom stereocenters. The molecule has 0 aliphatic carbocycles. The SMILES string of the molecule is CCOC(=O)COc1ccccc1CCNC(C)=O. The fourth-order valence-corrected chi connectivity index (χ4v) is 1.56. The third-order valence-corrected chi connectivity index (χ3v) is 2.39. The summed E-state index contributed by atoms with van der Waals surface area (Å²) in [6.45, 7) is 3.99. The first-order chi connectivity index (χ1) is 9.13. The Morgan fingerprint density at radius 1 is 1.26 bits per heavy atom. The Hall–Kier alpha value is -2.04. The van der Waals surface area contributed by atoms with Crippen LogP contribution in [-0.2, 0) is 20.7 Å². The van der Waals surface area contributed by atoms with Crippen molar-refractivity contribution in [1.29, 1.82) is 0 Å². The van der Waals surface area contributed by atoms with Gasteiger partial charge in [-0.05, 0) is 25.0 Å². The van der Waals surface area contributed by atoms with Gasteiger partial charge in [-0.15, -0.1) is 0 Å². The zero-order chi connectivity index (χ0) is 14.1. The minimum Gasteiger partial charge on any atom is -0.482 e. The standard InChI is InChI=1S/C14H19NO4/c1-3-18-14(17)10-19-13-7-5-4-6-12(13)8-9-15-11(2)16/h4-7H,3,8-10H2,1-2H3,(H,15,16). The van der Waals surface area contributed by atoms with Gasteiger partial charge < -0.3 is 14.8 Å². The molecule has 0 saturated carbocycles. The van der Waals surface area contributed by atoms with Crippen molar-refractivity contribution in [3.8, 4) is 5.75 Å². The molecule has 0 heterocycles. The van der Waals surface area contributed by atoms with E-state index in [9.17, 15) is 9.59 Å². The minimum atomic E-state index is -0.390. The molecule has 104 valence electrons. The molecule has 1 aromatic carbocycles. The number of hydrogen-bond donors (Lipinski definition) is 1. The number of amides is 1. The summed E-state index contributed by atoms with van der Waals surface area (Å²) in [6, 6.07) is 7.42. The van der Waals surface area contributed by atoms with Crippen molar-refractivity contribution < 1.29 is 19.1 Å². The summed E-state index contributed by atoms with van der Waals surface area (Å²) in [5.41, 5.74) is 0.945. The lowest BCUT2D eigenvalue weighted by Crippen LogP contribution is -2.22. The van der Waals surface area contributed by atoms with E-state index in [0.29, 0.717) is 25.3 Å². The highest BCUT2D eigenvalue weighted by atomic mass is 16.6. The number of rotatable bonds is 7. The van der Waals surface area contributed by atoms with Gasteiger partial charge in [0, 0.05) is 13.5 Å². The van der Waals surface area contributed by atoms with Crippen LogP contribution >= 0.6 is 0 Å². The maximum Gasteiger partial charge on any atom is 0.344 e. The molecular formula is C14H19NO4. The van der Waals surface area contributed by atoms with Crippen molar-refractivity contribution in [2.24, 2.45) is 0 Å². The molecule has 0 radical (unpaired) electrons. The zero-order valence-electron chi connectivity index (χ0n) is 11.3. The maximum atomic E-state index is 11.2. The van der Waals surface area contributed by atoms with Gasteiger partial charge in [0.2, 0.25) is 5.91 Å². The van der Waals surface area contributed by atoms with E-state index >= 15 is 0 Å². The van der Waals surface area contributed by atoms with E-state index in [1.54, 1.807) is 13.0 Å². The van der Waals surface area contributed by atoms with Crippen molar-refractivity contribution in [1.82, 2.24) is 5.32 Å². The van der Waals surface area contributed by atoms with Crippen molar-refractivity contribution in [3.05, 3.63) is 29.8 Å². The second-order valence-electron chi connectivity index (χ2n) is 3.93. The molecule has 0 spiro atoms. The number of carbonyl (C=O) groups excluding carboxylic acids is 2. The first-order valence-corrected chi connectivity index (χ1v) is 6.24. The molecule has 1 N–H and O–H groups in total. The molecule has 0 aliphatic rings. The van der Waals surface area contributed by atoms with Crippen LogP contribution in [0, 0.1) is 0 Å². The molecule has 1 amide bonds. The minimum absolute atomic E-state index is 0.0649. The lowest BCUT2D eigenvalue weighted by Gasteiger charge is -2.11. The molecule has 5 nitrogen and oxygen atoms in total. The fraction of sp³-hybridized carbons (Fsp3) is 0.429. The molecule has 0 aromatic heterocycles. The van der Waals surface area contributed by atoms with Gasteiger partial charge in [0.25, 0.3) is 0 Å². The summed E-state index contributed by atoms with van der Waals surface area (Å²) in [6.07, 6.45) is 0.651. The van der Waals surface area contributed by atoms with E-state index in [0.717, 1.165) is 5.56 Å². The Labute approximate surface area is 112 Å². The van der Waals surface area contributed by atoms with Crippen molar-refractivity contribution >= 4 is 11.9 Å². The number of carbonyl (C=O) groups is 2. The molecule has 1 aromatic rings. The van der Waals surface area contributed by atoms with E-state index in [2.05, 4.69) is 5.32 Å². The average Bonchev–Trinajstić information content (AvgIpc) is 2.37. The van der Waals surface area contributed by atoms with E-state index in [-0.39, 0.29) is 18.5 Å². The van der Waals surface area contributed by atoms with Crippen LogP contribution in [-0.4, -0.2) is 31.6 Å². The maximum absolute atomic E-state index is 11.2. The lowest BCUT2D eigenvalue weighted by molar-refractivity contribution is -0.145.